The minimum atomic E-state index is -0.609. The molecule has 5 heteroatoms. The number of allylic oxidation sites excluding steroid dienone is 2. The van der Waals surface area contributed by atoms with Crippen LogP contribution < -0.4 is 5.32 Å². The second-order valence-electron chi connectivity index (χ2n) is 5.85. The Kier molecular flexibility index (Phi) is 6.24. The van der Waals surface area contributed by atoms with E-state index in [9.17, 15) is 9.59 Å². The van der Waals surface area contributed by atoms with Gasteiger partial charge < -0.3 is 14.8 Å². The number of hydrogen-bond acceptors (Lipinski definition) is 5. The fourth-order valence-electron chi connectivity index (χ4n) is 3.09. The van der Waals surface area contributed by atoms with Crippen molar-refractivity contribution in [2.24, 2.45) is 0 Å². The highest BCUT2D eigenvalue weighted by atomic mass is 16.5. The van der Waals surface area contributed by atoms with Gasteiger partial charge in [0.1, 0.15) is 0 Å². The summed E-state index contributed by atoms with van der Waals surface area (Å²) in [4.78, 5) is 25.3. The highest BCUT2D eigenvalue weighted by Crippen LogP contribution is 2.39. The number of nitrogens with one attached hydrogen (secondary N) is 1. The van der Waals surface area contributed by atoms with Crippen molar-refractivity contribution in [3.8, 4) is 12.3 Å². The molecular weight excluding hydrogens is 330 g/mol. The molecule has 1 aromatic rings. The van der Waals surface area contributed by atoms with Gasteiger partial charge in [-0.1, -0.05) is 18.1 Å². The second-order valence-corrected chi connectivity index (χ2v) is 5.85. The maximum absolute atomic E-state index is 12.6. The third kappa shape index (κ3) is 3.80. The molecule has 2 rings (SSSR count). The summed E-state index contributed by atoms with van der Waals surface area (Å²) < 4.78 is 10.5. The molecule has 0 bridgehead atoms. The molecule has 0 atom stereocenters. The first-order chi connectivity index (χ1) is 12.4. The maximum Gasteiger partial charge on any atom is 0.336 e. The summed E-state index contributed by atoms with van der Waals surface area (Å²) in [7, 11) is 0. The SMILES string of the molecule is C#Cc1cccc(C2C(C(=O)OCC)=C(C)NC(C)=C2C(=O)OCC)c1. The first-order valence-corrected chi connectivity index (χ1v) is 8.53. The topological polar surface area (TPSA) is 64.6 Å². The lowest BCUT2D eigenvalue weighted by Gasteiger charge is -2.30. The average molecular weight is 353 g/mol. The highest BCUT2D eigenvalue weighted by Gasteiger charge is 2.37. The highest BCUT2D eigenvalue weighted by molar-refractivity contribution is 5.99. The normalized spacial score (nSPS) is 14.6. The molecule has 5 nitrogen and oxygen atoms in total. The Bertz CT molecular complexity index is 787. The van der Waals surface area contributed by atoms with Crippen LogP contribution in [0.15, 0.2) is 46.8 Å². The van der Waals surface area contributed by atoms with Crippen LogP contribution >= 0.6 is 0 Å². The van der Waals surface area contributed by atoms with Gasteiger partial charge in [0.15, 0.2) is 0 Å². The van der Waals surface area contributed by atoms with Gasteiger partial charge in [-0.25, -0.2) is 9.59 Å². The number of rotatable bonds is 5. The van der Waals surface area contributed by atoms with E-state index in [-0.39, 0.29) is 13.2 Å². The third-order valence-electron chi connectivity index (χ3n) is 4.14. The zero-order valence-electron chi connectivity index (χ0n) is 15.5. The summed E-state index contributed by atoms with van der Waals surface area (Å²) in [5, 5.41) is 3.10. The van der Waals surface area contributed by atoms with Crippen LogP contribution in [0.3, 0.4) is 0 Å². The quantitative estimate of drug-likeness (QED) is 0.651. The number of carbonyl (C=O) groups excluding carboxylic acids is 2. The predicted octanol–water partition coefficient (Wildman–Crippen LogP) is 3.03. The van der Waals surface area contributed by atoms with E-state index in [0.717, 1.165) is 5.56 Å². The van der Waals surface area contributed by atoms with Crippen LogP contribution in [0.1, 0.15) is 44.7 Å². The smallest absolute Gasteiger partial charge is 0.336 e. The molecule has 26 heavy (non-hydrogen) atoms. The number of terminal acetylenes is 1. The number of dihydropyridines is 1. The van der Waals surface area contributed by atoms with Crippen molar-refractivity contribution in [1.82, 2.24) is 5.32 Å². The van der Waals surface area contributed by atoms with Crippen LogP contribution in [0.25, 0.3) is 0 Å². The Hall–Kier alpha value is -3.00. The summed E-state index contributed by atoms with van der Waals surface area (Å²) in [6.45, 7) is 7.54. The molecule has 0 fully saturated rings. The fraction of sp³-hybridized carbons (Fsp3) is 0.333. The van der Waals surface area contributed by atoms with Gasteiger partial charge in [-0.05, 0) is 45.4 Å². The van der Waals surface area contributed by atoms with Crippen LogP contribution in [0.2, 0.25) is 0 Å². The number of hydrogen-bond donors (Lipinski definition) is 1. The van der Waals surface area contributed by atoms with Crippen molar-refractivity contribution in [2.75, 3.05) is 13.2 Å². The van der Waals surface area contributed by atoms with Crippen LogP contribution in [-0.4, -0.2) is 25.2 Å². The summed E-state index contributed by atoms with van der Waals surface area (Å²) in [5.74, 6) is 1.04. The zero-order chi connectivity index (χ0) is 19.3. The van der Waals surface area contributed by atoms with Crippen molar-refractivity contribution >= 4 is 11.9 Å². The van der Waals surface area contributed by atoms with E-state index in [1.807, 2.05) is 12.1 Å². The van der Waals surface area contributed by atoms with Crippen molar-refractivity contribution in [3.05, 3.63) is 57.9 Å². The number of esters is 2. The molecule has 0 spiro atoms. The van der Waals surface area contributed by atoms with E-state index in [2.05, 4.69) is 11.2 Å². The van der Waals surface area contributed by atoms with E-state index in [0.29, 0.717) is 28.1 Å². The minimum absolute atomic E-state index is 0.240. The van der Waals surface area contributed by atoms with Crippen molar-refractivity contribution in [2.45, 2.75) is 33.6 Å². The molecule has 0 aromatic heterocycles. The zero-order valence-corrected chi connectivity index (χ0v) is 15.5. The summed E-state index contributed by atoms with van der Waals surface area (Å²) in [5.41, 5.74) is 3.47. The molecule has 0 saturated heterocycles. The Morgan fingerprint density at radius 3 is 2.08 bits per heavy atom. The molecular formula is C21H23NO4. The summed E-state index contributed by atoms with van der Waals surface area (Å²) in [6, 6.07) is 7.25. The molecule has 1 N–H and O–H groups in total. The fourth-order valence-corrected chi connectivity index (χ4v) is 3.09. The van der Waals surface area contributed by atoms with Crippen LogP contribution in [0.4, 0.5) is 0 Å². The molecule has 0 aliphatic carbocycles. The van der Waals surface area contributed by atoms with E-state index in [1.165, 1.54) is 0 Å². The van der Waals surface area contributed by atoms with E-state index < -0.39 is 17.9 Å². The van der Waals surface area contributed by atoms with Gasteiger partial charge in [-0.3, -0.25) is 0 Å². The lowest BCUT2D eigenvalue weighted by atomic mass is 9.80. The Balaban J connectivity index is 2.67. The third-order valence-corrected chi connectivity index (χ3v) is 4.14. The lowest BCUT2D eigenvalue weighted by Crippen LogP contribution is -2.32. The number of benzene rings is 1. The van der Waals surface area contributed by atoms with Gasteiger partial charge in [-0.15, -0.1) is 6.42 Å². The number of carbonyl (C=O) groups is 2. The molecule has 1 aromatic carbocycles. The van der Waals surface area contributed by atoms with Gasteiger partial charge >= 0.3 is 11.9 Å². The van der Waals surface area contributed by atoms with Crippen molar-refractivity contribution in [1.29, 1.82) is 0 Å². The standard InChI is InChI=1S/C21H23NO4/c1-6-15-10-9-11-16(12-15)19-17(20(23)25-7-2)13(4)22-14(5)18(19)21(24)26-8-3/h1,9-12,19,22H,7-8H2,2-5H3. The molecule has 1 aliphatic rings. The summed E-state index contributed by atoms with van der Waals surface area (Å²) in [6.07, 6.45) is 5.52. The lowest BCUT2D eigenvalue weighted by molar-refractivity contribution is -0.139. The first kappa shape index (κ1) is 19.3. The van der Waals surface area contributed by atoms with E-state index >= 15 is 0 Å². The van der Waals surface area contributed by atoms with Gasteiger partial charge in [0, 0.05) is 17.0 Å². The molecule has 1 heterocycles. The van der Waals surface area contributed by atoms with Gasteiger partial charge in [0.25, 0.3) is 0 Å². The van der Waals surface area contributed by atoms with Crippen LogP contribution in [-0.2, 0) is 19.1 Å². The van der Waals surface area contributed by atoms with Crippen molar-refractivity contribution < 1.29 is 19.1 Å². The molecule has 136 valence electrons. The number of ether oxygens (including phenoxy) is 2. The first-order valence-electron chi connectivity index (χ1n) is 8.53. The molecule has 0 unspecified atom stereocenters. The molecule has 1 aliphatic heterocycles. The second kappa shape index (κ2) is 8.39. The molecule has 0 radical (unpaired) electrons. The van der Waals surface area contributed by atoms with Crippen molar-refractivity contribution in [3.63, 3.8) is 0 Å². The molecule has 0 amide bonds. The van der Waals surface area contributed by atoms with Crippen LogP contribution in [0.5, 0.6) is 0 Å². The maximum atomic E-state index is 12.6. The monoisotopic (exact) mass is 353 g/mol. The van der Waals surface area contributed by atoms with E-state index in [4.69, 9.17) is 15.9 Å². The minimum Gasteiger partial charge on any atom is -0.463 e. The van der Waals surface area contributed by atoms with Gasteiger partial charge in [0.05, 0.1) is 30.3 Å². The summed E-state index contributed by atoms with van der Waals surface area (Å²) >= 11 is 0. The predicted molar refractivity (Wildman–Crippen MR) is 98.9 cm³/mol. The Morgan fingerprint density at radius 1 is 1.08 bits per heavy atom. The Morgan fingerprint density at radius 2 is 1.62 bits per heavy atom. The largest absolute Gasteiger partial charge is 0.463 e. The van der Waals surface area contributed by atoms with E-state index in [1.54, 1.807) is 39.8 Å². The van der Waals surface area contributed by atoms with Gasteiger partial charge in [-0.2, -0.15) is 0 Å². The van der Waals surface area contributed by atoms with Crippen LogP contribution in [0, 0.1) is 12.3 Å². The molecule has 0 saturated carbocycles. The Labute approximate surface area is 154 Å². The van der Waals surface area contributed by atoms with Gasteiger partial charge in [0.2, 0.25) is 0 Å². The average Bonchev–Trinajstić information content (AvgIpc) is 2.61.